The molecule has 0 saturated carbocycles. The van der Waals surface area contributed by atoms with Crippen LogP contribution in [0.1, 0.15) is 35.6 Å². The molecule has 1 aliphatic heterocycles. The topological polar surface area (TPSA) is 83.4 Å². The Morgan fingerprint density at radius 3 is 2.89 bits per heavy atom. The van der Waals surface area contributed by atoms with Crippen molar-refractivity contribution in [3.05, 3.63) is 10.6 Å². The van der Waals surface area contributed by atoms with E-state index in [-0.39, 0.29) is 11.8 Å². The van der Waals surface area contributed by atoms with E-state index in [9.17, 15) is 14.7 Å². The summed E-state index contributed by atoms with van der Waals surface area (Å²) in [5.41, 5.74) is 0.647. The second-order valence-corrected chi connectivity index (χ2v) is 5.20. The molecule has 1 aromatic heterocycles. The number of hydrogen-bond donors (Lipinski definition) is 1. The molecule has 18 heavy (non-hydrogen) atoms. The number of carboxylic acids is 1. The molecule has 0 radical (unpaired) electrons. The minimum absolute atomic E-state index is 0.0163. The lowest BCUT2D eigenvalue weighted by Gasteiger charge is -2.22. The second-order valence-electron chi connectivity index (χ2n) is 4.45. The van der Waals surface area contributed by atoms with Crippen LogP contribution in [0.4, 0.5) is 0 Å². The molecule has 1 aliphatic rings. The van der Waals surface area contributed by atoms with Crippen LogP contribution in [0, 0.1) is 5.92 Å². The maximum atomic E-state index is 12.3. The minimum Gasteiger partial charge on any atom is -0.480 e. The highest BCUT2D eigenvalue weighted by atomic mass is 32.1. The third-order valence-electron chi connectivity index (χ3n) is 3.30. The average molecular weight is 269 g/mol. The molecule has 1 N–H and O–H groups in total. The van der Waals surface area contributed by atoms with Crippen LogP contribution in [0.2, 0.25) is 0 Å². The molecule has 6 nitrogen and oxygen atoms in total. The van der Waals surface area contributed by atoms with Crippen LogP contribution in [0.15, 0.2) is 0 Å². The number of carboxylic acid groups (broad SMARTS) is 1. The Kier molecular flexibility index (Phi) is 3.60. The van der Waals surface area contributed by atoms with E-state index in [1.807, 2.05) is 13.8 Å². The Morgan fingerprint density at radius 1 is 1.56 bits per heavy atom. The van der Waals surface area contributed by atoms with Gasteiger partial charge in [-0.2, -0.15) is 0 Å². The molecule has 0 bridgehead atoms. The quantitative estimate of drug-likeness (QED) is 0.886. The van der Waals surface area contributed by atoms with E-state index >= 15 is 0 Å². The van der Waals surface area contributed by atoms with Crippen LogP contribution in [0.5, 0.6) is 0 Å². The Bertz CT molecular complexity index is 474. The van der Waals surface area contributed by atoms with Gasteiger partial charge in [0.15, 0.2) is 0 Å². The van der Waals surface area contributed by atoms with E-state index in [4.69, 9.17) is 0 Å². The molecule has 98 valence electrons. The number of nitrogens with zero attached hydrogens (tertiary/aromatic N) is 3. The van der Waals surface area contributed by atoms with Gasteiger partial charge in [-0.3, -0.25) is 4.79 Å². The fraction of sp³-hybridized carbons (Fsp3) is 0.636. The predicted molar refractivity (Wildman–Crippen MR) is 65.5 cm³/mol. The monoisotopic (exact) mass is 269 g/mol. The van der Waals surface area contributed by atoms with Crippen molar-refractivity contribution < 1.29 is 14.7 Å². The first-order valence-corrected chi connectivity index (χ1v) is 6.68. The zero-order valence-corrected chi connectivity index (χ0v) is 11.1. The lowest BCUT2D eigenvalue weighted by Crippen LogP contribution is -2.42. The molecule has 2 atom stereocenters. The maximum absolute atomic E-state index is 12.3. The van der Waals surface area contributed by atoms with Crippen LogP contribution in [-0.4, -0.2) is 44.1 Å². The number of hydrogen-bond acceptors (Lipinski definition) is 5. The van der Waals surface area contributed by atoms with Gasteiger partial charge in [0.2, 0.25) is 0 Å². The first-order valence-electron chi connectivity index (χ1n) is 5.91. The number of likely N-dealkylation sites (tertiary alicyclic amines) is 1. The summed E-state index contributed by atoms with van der Waals surface area (Å²) in [6, 6.07) is -0.732. The van der Waals surface area contributed by atoms with Crippen LogP contribution >= 0.6 is 11.5 Å². The third-order valence-corrected chi connectivity index (χ3v) is 4.06. The van der Waals surface area contributed by atoms with Crippen LogP contribution in [0.3, 0.4) is 0 Å². The van der Waals surface area contributed by atoms with E-state index in [0.717, 1.165) is 18.0 Å². The number of aliphatic carboxylic acids is 1. The maximum Gasteiger partial charge on any atom is 0.326 e. The van der Waals surface area contributed by atoms with Crippen molar-refractivity contribution in [1.82, 2.24) is 14.5 Å². The smallest absolute Gasteiger partial charge is 0.326 e. The van der Waals surface area contributed by atoms with Gasteiger partial charge in [0.1, 0.15) is 10.9 Å². The molecule has 1 fully saturated rings. The van der Waals surface area contributed by atoms with E-state index in [2.05, 4.69) is 9.59 Å². The van der Waals surface area contributed by atoms with Crippen molar-refractivity contribution in [3.8, 4) is 0 Å². The Morgan fingerprint density at radius 2 is 2.28 bits per heavy atom. The summed E-state index contributed by atoms with van der Waals surface area (Å²) in [5.74, 6) is -1.21. The molecule has 0 aromatic carbocycles. The van der Waals surface area contributed by atoms with Crippen LogP contribution in [-0.2, 0) is 11.2 Å². The SMILES string of the molecule is CCc1nnsc1C(=O)N1CCC(C)C1C(=O)O. The molecule has 2 rings (SSSR count). The third kappa shape index (κ3) is 2.10. The summed E-state index contributed by atoms with van der Waals surface area (Å²) < 4.78 is 3.77. The second kappa shape index (κ2) is 5.01. The number of rotatable bonds is 3. The van der Waals surface area contributed by atoms with Gasteiger partial charge in [0.25, 0.3) is 5.91 Å². The summed E-state index contributed by atoms with van der Waals surface area (Å²) in [6.07, 6.45) is 1.34. The van der Waals surface area contributed by atoms with Gasteiger partial charge in [0.05, 0.1) is 5.69 Å². The first-order chi connectivity index (χ1) is 8.56. The summed E-state index contributed by atoms with van der Waals surface area (Å²) in [6.45, 7) is 4.24. The summed E-state index contributed by atoms with van der Waals surface area (Å²) in [5, 5.41) is 13.1. The zero-order valence-electron chi connectivity index (χ0n) is 10.3. The van der Waals surface area contributed by atoms with Gasteiger partial charge in [-0.25, -0.2) is 4.79 Å². The number of aryl methyl sites for hydroxylation is 1. The lowest BCUT2D eigenvalue weighted by molar-refractivity contribution is -0.142. The zero-order chi connectivity index (χ0) is 13.3. The Hall–Kier alpha value is -1.50. The van der Waals surface area contributed by atoms with Crippen molar-refractivity contribution in [2.45, 2.75) is 32.7 Å². The summed E-state index contributed by atoms with van der Waals surface area (Å²) in [7, 11) is 0. The molecule has 1 amide bonds. The van der Waals surface area contributed by atoms with Gasteiger partial charge < -0.3 is 10.0 Å². The molecule has 2 unspecified atom stereocenters. The molecule has 1 saturated heterocycles. The van der Waals surface area contributed by atoms with Crippen molar-refractivity contribution >= 4 is 23.4 Å². The number of aromatic nitrogens is 2. The highest BCUT2D eigenvalue weighted by Gasteiger charge is 2.40. The molecule has 1 aromatic rings. The van der Waals surface area contributed by atoms with E-state index in [1.54, 1.807) is 0 Å². The fourth-order valence-electron chi connectivity index (χ4n) is 2.28. The predicted octanol–water partition coefficient (Wildman–Crippen LogP) is 1.04. The van der Waals surface area contributed by atoms with Crippen molar-refractivity contribution in [2.75, 3.05) is 6.54 Å². The fourth-order valence-corrected chi connectivity index (χ4v) is 2.99. The number of carbonyl (C=O) groups excluding carboxylic acids is 1. The summed E-state index contributed by atoms with van der Waals surface area (Å²) in [4.78, 5) is 25.5. The van der Waals surface area contributed by atoms with Crippen molar-refractivity contribution in [3.63, 3.8) is 0 Å². The van der Waals surface area contributed by atoms with Gasteiger partial charge >= 0.3 is 5.97 Å². The van der Waals surface area contributed by atoms with Crippen LogP contribution in [0.25, 0.3) is 0 Å². The molecule has 0 spiro atoms. The molecule has 7 heteroatoms. The highest BCUT2D eigenvalue weighted by Crippen LogP contribution is 2.27. The highest BCUT2D eigenvalue weighted by molar-refractivity contribution is 7.08. The molecule has 0 aliphatic carbocycles. The molecular formula is C11H15N3O3S. The van der Waals surface area contributed by atoms with Crippen LogP contribution < -0.4 is 0 Å². The van der Waals surface area contributed by atoms with Gasteiger partial charge in [-0.05, 0) is 30.3 Å². The Balaban J connectivity index is 2.26. The largest absolute Gasteiger partial charge is 0.480 e. The van der Waals surface area contributed by atoms with Crippen molar-refractivity contribution in [1.29, 1.82) is 0 Å². The Labute approximate surface area is 109 Å². The van der Waals surface area contributed by atoms with E-state index in [1.165, 1.54) is 4.90 Å². The van der Waals surface area contributed by atoms with Gasteiger partial charge in [0, 0.05) is 6.54 Å². The molecular weight excluding hydrogens is 254 g/mol. The average Bonchev–Trinajstić information content (AvgIpc) is 2.93. The van der Waals surface area contributed by atoms with Gasteiger partial charge in [-0.15, -0.1) is 5.10 Å². The van der Waals surface area contributed by atoms with E-state index in [0.29, 0.717) is 23.5 Å². The molecule has 2 heterocycles. The summed E-state index contributed by atoms with van der Waals surface area (Å²) >= 11 is 1.04. The van der Waals surface area contributed by atoms with Gasteiger partial charge in [-0.1, -0.05) is 18.3 Å². The standard InChI is InChI=1S/C11H15N3O3S/c1-3-7-9(18-13-12-7)10(15)14-5-4-6(2)8(14)11(16)17/h6,8H,3-5H2,1-2H3,(H,16,17). The van der Waals surface area contributed by atoms with E-state index < -0.39 is 12.0 Å². The first kappa shape index (κ1) is 12.9. The minimum atomic E-state index is -0.941. The van der Waals surface area contributed by atoms with Crippen molar-refractivity contribution in [2.24, 2.45) is 5.92 Å². The normalized spacial score (nSPS) is 23.3. The number of amides is 1. The number of carbonyl (C=O) groups is 2. The lowest BCUT2D eigenvalue weighted by atomic mass is 10.0.